The topological polar surface area (TPSA) is 56.1 Å². The lowest BCUT2D eigenvalue weighted by atomic mass is 10.1. The van der Waals surface area contributed by atoms with Gasteiger partial charge in [-0.05, 0) is 48.7 Å². The maximum Gasteiger partial charge on any atom is 0.220 e. The van der Waals surface area contributed by atoms with E-state index in [1.54, 1.807) is 13.3 Å². The minimum absolute atomic E-state index is 0.0512. The predicted molar refractivity (Wildman–Crippen MR) is 101 cm³/mol. The molecule has 3 rings (SSSR count). The first-order valence-electron chi connectivity index (χ1n) is 8.64. The van der Waals surface area contributed by atoms with E-state index in [9.17, 15) is 4.79 Å². The zero-order chi connectivity index (χ0) is 18.4. The van der Waals surface area contributed by atoms with Crippen molar-refractivity contribution < 1.29 is 9.53 Å². The standard InChI is InChI=1S/C21H23N3O2/c1-16-22-13-14-24(16)19-8-3-18(4-9-19)15-23-21(25)12-7-17-5-10-20(26-2)11-6-17/h3-6,8-11,13-14H,7,12,15H2,1-2H3,(H,23,25). The number of hydrogen-bond donors (Lipinski definition) is 1. The highest BCUT2D eigenvalue weighted by Crippen LogP contribution is 2.13. The summed E-state index contributed by atoms with van der Waals surface area (Å²) in [6, 6.07) is 15.9. The van der Waals surface area contributed by atoms with E-state index in [0.29, 0.717) is 19.4 Å². The molecule has 0 aliphatic rings. The molecule has 1 N–H and O–H groups in total. The number of nitrogens with one attached hydrogen (secondary N) is 1. The highest BCUT2D eigenvalue weighted by molar-refractivity contribution is 5.76. The van der Waals surface area contributed by atoms with Crippen LogP contribution >= 0.6 is 0 Å². The monoisotopic (exact) mass is 349 g/mol. The quantitative estimate of drug-likeness (QED) is 0.711. The third kappa shape index (κ3) is 4.51. The number of nitrogens with zero attached hydrogens (tertiary/aromatic N) is 2. The van der Waals surface area contributed by atoms with Gasteiger partial charge in [-0.2, -0.15) is 0 Å². The van der Waals surface area contributed by atoms with E-state index in [4.69, 9.17) is 4.74 Å². The summed E-state index contributed by atoms with van der Waals surface area (Å²) in [4.78, 5) is 16.3. The molecule has 0 unspecified atom stereocenters. The van der Waals surface area contributed by atoms with Gasteiger partial charge in [0.25, 0.3) is 0 Å². The number of aromatic nitrogens is 2. The molecule has 1 amide bonds. The lowest BCUT2D eigenvalue weighted by Gasteiger charge is -2.08. The Kier molecular flexibility index (Phi) is 5.69. The van der Waals surface area contributed by atoms with Crippen molar-refractivity contribution in [1.82, 2.24) is 14.9 Å². The van der Waals surface area contributed by atoms with Crippen LogP contribution in [0, 0.1) is 6.92 Å². The minimum atomic E-state index is 0.0512. The van der Waals surface area contributed by atoms with Crippen LogP contribution in [0.1, 0.15) is 23.4 Å². The Balaban J connectivity index is 1.47. The number of methoxy groups -OCH3 is 1. The summed E-state index contributed by atoms with van der Waals surface area (Å²) in [5.41, 5.74) is 3.26. The first-order chi connectivity index (χ1) is 12.7. The second-order valence-corrected chi connectivity index (χ2v) is 6.14. The fourth-order valence-corrected chi connectivity index (χ4v) is 2.76. The van der Waals surface area contributed by atoms with Crippen LogP contribution in [0.15, 0.2) is 60.9 Å². The van der Waals surface area contributed by atoms with E-state index in [-0.39, 0.29) is 5.91 Å². The zero-order valence-corrected chi connectivity index (χ0v) is 15.1. The molecule has 0 atom stereocenters. The summed E-state index contributed by atoms with van der Waals surface area (Å²) in [6.45, 7) is 2.50. The first kappa shape index (κ1) is 17.7. The number of benzene rings is 2. The van der Waals surface area contributed by atoms with Crippen LogP contribution in [0.5, 0.6) is 5.75 Å². The van der Waals surface area contributed by atoms with Gasteiger partial charge < -0.3 is 14.6 Å². The van der Waals surface area contributed by atoms with Crippen molar-refractivity contribution >= 4 is 5.91 Å². The third-order valence-corrected chi connectivity index (χ3v) is 4.33. The second kappa shape index (κ2) is 8.34. The number of rotatable bonds is 7. The van der Waals surface area contributed by atoms with Crippen LogP contribution in [0.25, 0.3) is 5.69 Å². The van der Waals surface area contributed by atoms with Crippen molar-refractivity contribution in [3.05, 3.63) is 77.9 Å². The summed E-state index contributed by atoms with van der Waals surface area (Å²) in [5.74, 6) is 1.83. The molecule has 0 spiro atoms. The van der Waals surface area contributed by atoms with Gasteiger partial charge in [-0.1, -0.05) is 24.3 Å². The van der Waals surface area contributed by atoms with E-state index in [2.05, 4.69) is 10.3 Å². The van der Waals surface area contributed by atoms with Crippen molar-refractivity contribution in [3.8, 4) is 11.4 Å². The Morgan fingerprint density at radius 2 is 1.77 bits per heavy atom. The number of ether oxygens (including phenoxy) is 1. The molecule has 3 aromatic rings. The second-order valence-electron chi connectivity index (χ2n) is 6.14. The smallest absolute Gasteiger partial charge is 0.220 e. The molecule has 0 saturated carbocycles. The average molecular weight is 349 g/mol. The molecule has 1 heterocycles. The van der Waals surface area contributed by atoms with Crippen molar-refractivity contribution in [1.29, 1.82) is 0 Å². The van der Waals surface area contributed by atoms with E-state index >= 15 is 0 Å². The molecule has 0 saturated heterocycles. The number of carbonyl (C=O) groups is 1. The van der Waals surface area contributed by atoms with Crippen LogP contribution in [0.2, 0.25) is 0 Å². The molecular weight excluding hydrogens is 326 g/mol. The van der Waals surface area contributed by atoms with Gasteiger partial charge in [0, 0.05) is 31.0 Å². The molecule has 0 fully saturated rings. The maximum absolute atomic E-state index is 12.1. The van der Waals surface area contributed by atoms with Gasteiger partial charge in [-0.25, -0.2) is 4.98 Å². The van der Waals surface area contributed by atoms with E-state index in [0.717, 1.165) is 28.4 Å². The summed E-state index contributed by atoms with van der Waals surface area (Å²) in [5, 5.41) is 2.97. The summed E-state index contributed by atoms with van der Waals surface area (Å²) in [7, 11) is 1.64. The van der Waals surface area contributed by atoms with Crippen molar-refractivity contribution in [2.75, 3.05) is 7.11 Å². The Hall–Kier alpha value is -3.08. The molecule has 2 aromatic carbocycles. The van der Waals surface area contributed by atoms with Crippen molar-refractivity contribution in [3.63, 3.8) is 0 Å². The maximum atomic E-state index is 12.1. The van der Waals surface area contributed by atoms with Gasteiger partial charge in [0.1, 0.15) is 11.6 Å². The fraction of sp³-hybridized carbons (Fsp3) is 0.238. The molecular formula is C21H23N3O2. The predicted octanol–water partition coefficient (Wildman–Crippen LogP) is 3.44. The first-order valence-corrected chi connectivity index (χ1v) is 8.64. The number of imidazole rings is 1. The molecule has 5 heteroatoms. The SMILES string of the molecule is COc1ccc(CCC(=O)NCc2ccc(-n3ccnc3C)cc2)cc1. The number of aryl methyl sites for hydroxylation is 2. The van der Waals surface area contributed by atoms with Gasteiger partial charge in [-0.3, -0.25) is 4.79 Å². The molecule has 134 valence electrons. The minimum Gasteiger partial charge on any atom is -0.497 e. The van der Waals surface area contributed by atoms with Gasteiger partial charge in [-0.15, -0.1) is 0 Å². The van der Waals surface area contributed by atoms with Crippen molar-refractivity contribution in [2.45, 2.75) is 26.3 Å². The largest absolute Gasteiger partial charge is 0.497 e. The Morgan fingerprint density at radius 1 is 1.08 bits per heavy atom. The van der Waals surface area contributed by atoms with Gasteiger partial charge in [0.05, 0.1) is 7.11 Å². The van der Waals surface area contributed by atoms with Gasteiger partial charge >= 0.3 is 0 Å². The lowest BCUT2D eigenvalue weighted by Crippen LogP contribution is -2.23. The molecule has 0 aliphatic heterocycles. The van der Waals surface area contributed by atoms with Crippen LogP contribution in [0.3, 0.4) is 0 Å². The summed E-state index contributed by atoms with van der Waals surface area (Å²) >= 11 is 0. The van der Waals surface area contributed by atoms with Crippen molar-refractivity contribution in [2.24, 2.45) is 0 Å². The number of amides is 1. The Labute approximate surface area is 153 Å². The molecule has 5 nitrogen and oxygen atoms in total. The molecule has 0 aliphatic carbocycles. The number of hydrogen-bond acceptors (Lipinski definition) is 3. The number of carbonyl (C=O) groups excluding carboxylic acids is 1. The fourth-order valence-electron chi connectivity index (χ4n) is 2.76. The highest BCUT2D eigenvalue weighted by atomic mass is 16.5. The molecule has 1 aromatic heterocycles. The van der Waals surface area contributed by atoms with Crippen LogP contribution in [0.4, 0.5) is 0 Å². The normalized spacial score (nSPS) is 10.5. The molecule has 26 heavy (non-hydrogen) atoms. The molecule has 0 bridgehead atoms. The summed E-state index contributed by atoms with van der Waals surface area (Å²) in [6.07, 6.45) is 4.91. The Morgan fingerprint density at radius 3 is 2.38 bits per heavy atom. The third-order valence-electron chi connectivity index (χ3n) is 4.33. The van der Waals surface area contributed by atoms with Gasteiger partial charge in [0.2, 0.25) is 5.91 Å². The highest BCUT2D eigenvalue weighted by Gasteiger charge is 2.04. The van der Waals surface area contributed by atoms with Crippen LogP contribution < -0.4 is 10.1 Å². The van der Waals surface area contributed by atoms with E-state index < -0.39 is 0 Å². The van der Waals surface area contributed by atoms with E-state index in [1.807, 2.05) is 66.2 Å². The van der Waals surface area contributed by atoms with Crippen LogP contribution in [-0.4, -0.2) is 22.6 Å². The van der Waals surface area contributed by atoms with Crippen LogP contribution in [-0.2, 0) is 17.8 Å². The van der Waals surface area contributed by atoms with E-state index in [1.165, 1.54) is 0 Å². The average Bonchev–Trinajstić information content (AvgIpc) is 3.11. The zero-order valence-electron chi connectivity index (χ0n) is 15.1. The van der Waals surface area contributed by atoms with Gasteiger partial charge in [0.15, 0.2) is 0 Å². The Bertz CT molecular complexity index is 852. The molecule has 0 radical (unpaired) electrons. The summed E-state index contributed by atoms with van der Waals surface area (Å²) < 4.78 is 7.16. The lowest BCUT2D eigenvalue weighted by molar-refractivity contribution is -0.121.